The van der Waals surface area contributed by atoms with Gasteiger partial charge in [-0.2, -0.15) is 13.2 Å². The third-order valence-electron chi connectivity index (χ3n) is 5.39. The van der Waals surface area contributed by atoms with E-state index in [0.717, 1.165) is 56.5 Å². The number of methoxy groups -OCH3 is 1. The van der Waals surface area contributed by atoms with Crippen LogP contribution in [0.4, 0.5) is 18.3 Å². The highest BCUT2D eigenvalue weighted by atomic mass is 32.1. The highest BCUT2D eigenvalue weighted by Gasteiger charge is 2.31. The topological polar surface area (TPSA) is 80.0 Å². The van der Waals surface area contributed by atoms with Gasteiger partial charge in [-0.25, -0.2) is 9.97 Å². The van der Waals surface area contributed by atoms with E-state index in [1.165, 1.54) is 18.3 Å². The monoisotopic (exact) mass is 535 g/mol. The minimum absolute atomic E-state index is 0.146. The number of hydrogen-bond donors (Lipinski definition) is 1. The van der Waals surface area contributed by atoms with E-state index >= 15 is 0 Å². The Bertz CT molecular complexity index is 1300. The van der Waals surface area contributed by atoms with Crippen LogP contribution in [0.15, 0.2) is 42.7 Å². The average molecular weight is 536 g/mol. The summed E-state index contributed by atoms with van der Waals surface area (Å²) >= 11 is 2.95. The number of nitrogens with zero attached hydrogens (tertiary/aromatic N) is 4. The standard InChI is InChI=1S/C13H12N4O2S2.C11H12F3N/c1-7(18)15-13-17-9(6-19-2)11(21-13)12-16-8-3-4-14-5-10(8)20-12;1-15-7-10(15)6-8-2-4-9(5-3-8)11(12,13)14/h3-5H,6H2,1-2H3,(H,15,17,18);2-5,10H,6-7H2,1H3/t;10-,15?/m.0/s1. The van der Waals surface area contributed by atoms with Crippen LogP contribution in [0.1, 0.15) is 23.7 Å². The van der Waals surface area contributed by atoms with Crippen LogP contribution >= 0.6 is 22.7 Å². The van der Waals surface area contributed by atoms with E-state index in [1.54, 1.807) is 43.0 Å². The van der Waals surface area contributed by atoms with Gasteiger partial charge in [0.05, 0.1) is 33.0 Å². The smallest absolute Gasteiger partial charge is 0.378 e. The molecule has 190 valence electrons. The summed E-state index contributed by atoms with van der Waals surface area (Å²) < 4.78 is 42.9. The summed E-state index contributed by atoms with van der Waals surface area (Å²) in [6.07, 6.45) is 0.128. The predicted molar refractivity (Wildman–Crippen MR) is 135 cm³/mol. The zero-order valence-corrected chi connectivity index (χ0v) is 21.4. The van der Waals surface area contributed by atoms with Crippen molar-refractivity contribution in [2.24, 2.45) is 0 Å². The average Bonchev–Trinajstić information content (AvgIpc) is 3.19. The molecule has 1 N–H and O–H groups in total. The number of benzene rings is 1. The van der Waals surface area contributed by atoms with E-state index in [0.29, 0.717) is 17.8 Å². The quantitative estimate of drug-likeness (QED) is 0.329. The largest absolute Gasteiger partial charge is 0.416 e. The molecule has 1 aliphatic rings. The Morgan fingerprint density at radius 1 is 1.19 bits per heavy atom. The van der Waals surface area contributed by atoms with Crippen molar-refractivity contribution < 1.29 is 22.7 Å². The molecule has 0 spiro atoms. The first-order valence-electron chi connectivity index (χ1n) is 11.0. The van der Waals surface area contributed by atoms with E-state index in [1.807, 2.05) is 13.1 Å². The van der Waals surface area contributed by atoms with Crippen LogP contribution in [-0.2, 0) is 28.7 Å². The molecule has 0 bridgehead atoms. The summed E-state index contributed by atoms with van der Waals surface area (Å²) in [4.78, 5) is 27.4. The van der Waals surface area contributed by atoms with Crippen LogP contribution in [0, 0.1) is 0 Å². The van der Waals surface area contributed by atoms with Gasteiger partial charge in [-0.1, -0.05) is 23.5 Å². The Morgan fingerprint density at radius 2 is 1.92 bits per heavy atom. The van der Waals surface area contributed by atoms with Gasteiger partial charge in [0.2, 0.25) is 5.91 Å². The Kier molecular flexibility index (Phi) is 7.98. The number of aromatic nitrogens is 3. The fraction of sp³-hybridized carbons (Fsp3) is 0.333. The number of carbonyl (C=O) groups excluding carboxylic acids is 1. The molecular weight excluding hydrogens is 511 g/mol. The molecule has 7 nitrogen and oxygen atoms in total. The molecule has 0 radical (unpaired) electrons. The molecule has 1 aliphatic heterocycles. The van der Waals surface area contributed by atoms with Crippen LogP contribution in [0.3, 0.4) is 0 Å². The lowest BCUT2D eigenvalue weighted by atomic mass is 10.1. The van der Waals surface area contributed by atoms with Crippen molar-refractivity contribution >= 4 is 43.9 Å². The summed E-state index contributed by atoms with van der Waals surface area (Å²) in [5, 5.41) is 4.12. The van der Waals surface area contributed by atoms with Gasteiger partial charge in [-0.15, -0.1) is 11.3 Å². The summed E-state index contributed by atoms with van der Waals surface area (Å²) in [6, 6.07) is 7.82. The maximum Gasteiger partial charge on any atom is 0.416 e. The SMILES string of the molecule is CN1C[C@@H]1Cc1ccc(C(F)(F)F)cc1.COCc1nc(NC(C)=O)sc1-c1nc2ccncc2s1. The number of likely N-dealkylation sites (N-methyl/N-ethyl adjacent to an activating group) is 1. The molecule has 2 atom stereocenters. The highest BCUT2D eigenvalue weighted by Crippen LogP contribution is 2.38. The number of ether oxygens (including phenoxy) is 1. The van der Waals surface area contributed by atoms with Crippen molar-refractivity contribution in [2.45, 2.75) is 32.2 Å². The van der Waals surface area contributed by atoms with Gasteiger partial charge in [0, 0.05) is 39.0 Å². The number of amides is 1. The normalized spacial score (nSPS) is 16.9. The van der Waals surface area contributed by atoms with Gasteiger partial charge in [0.15, 0.2) is 5.13 Å². The van der Waals surface area contributed by atoms with Crippen LogP contribution in [0.25, 0.3) is 20.1 Å². The number of nitrogens with one attached hydrogen (secondary N) is 1. The maximum absolute atomic E-state index is 12.2. The van der Waals surface area contributed by atoms with Crippen LogP contribution in [0.5, 0.6) is 0 Å². The lowest BCUT2D eigenvalue weighted by molar-refractivity contribution is -0.137. The van der Waals surface area contributed by atoms with Gasteiger partial charge in [-0.3, -0.25) is 9.78 Å². The van der Waals surface area contributed by atoms with Crippen molar-refractivity contribution in [1.29, 1.82) is 0 Å². The maximum atomic E-state index is 12.2. The van der Waals surface area contributed by atoms with Crippen molar-refractivity contribution in [3.63, 3.8) is 0 Å². The van der Waals surface area contributed by atoms with Crippen molar-refractivity contribution in [2.75, 3.05) is 26.0 Å². The number of hydrogen-bond acceptors (Lipinski definition) is 8. The van der Waals surface area contributed by atoms with Gasteiger partial charge in [0.1, 0.15) is 5.01 Å². The van der Waals surface area contributed by atoms with E-state index in [9.17, 15) is 18.0 Å². The minimum atomic E-state index is -4.23. The fourth-order valence-electron chi connectivity index (χ4n) is 3.44. The number of rotatable bonds is 6. The molecule has 1 unspecified atom stereocenters. The van der Waals surface area contributed by atoms with E-state index < -0.39 is 11.7 Å². The van der Waals surface area contributed by atoms with Crippen molar-refractivity contribution in [1.82, 2.24) is 19.9 Å². The first-order chi connectivity index (χ1) is 17.1. The zero-order valence-electron chi connectivity index (χ0n) is 19.8. The molecule has 1 saturated heterocycles. The number of halogens is 3. The number of anilines is 1. The van der Waals surface area contributed by atoms with E-state index in [-0.39, 0.29) is 5.91 Å². The molecule has 12 heteroatoms. The lowest BCUT2D eigenvalue weighted by Gasteiger charge is -2.07. The number of carbonyl (C=O) groups is 1. The van der Waals surface area contributed by atoms with Gasteiger partial charge >= 0.3 is 6.18 Å². The van der Waals surface area contributed by atoms with Crippen LogP contribution < -0.4 is 5.32 Å². The second-order valence-corrected chi connectivity index (χ2v) is 10.3. The summed E-state index contributed by atoms with van der Waals surface area (Å²) in [6.45, 7) is 2.88. The lowest BCUT2D eigenvalue weighted by Crippen LogP contribution is -2.05. The van der Waals surface area contributed by atoms with Gasteiger partial charge in [0.25, 0.3) is 0 Å². The first kappa shape index (κ1) is 26.1. The Morgan fingerprint density at radius 3 is 2.50 bits per heavy atom. The van der Waals surface area contributed by atoms with Crippen LogP contribution in [0.2, 0.25) is 0 Å². The molecule has 1 aromatic carbocycles. The molecular formula is C24H24F3N5O2S2. The van der Waals surface area contributed by atoms with Crippen LogP contribution in [-0.4, -0.2) is 52.5 Å². The third-order valence-corrected chi connectivity index (χ3v) is 7.56. The van der Waals surface area contributed by atoms with Gasteiger partial charge in [-0.05, 0) is 37.2 Å². The number of fused-ring (bicyclic) bond motifs is 1. The number of alkyl halides is 3. The molecule has 0 aliphatic carbocycles. The number of pyridine rings is 1. The zero-order chi connectivity index (χ0) is 25.9. The Balaban J connectivity index is 0.000000179. The number of thiazole rings is 2. The minimum Gasteiger partial charge on any atom is -0.378 e. The molecule has 36 heavy (non-hydrogen) atoms. The molecule has 1 fully saturated rings. The van der Waals surface area contributed by atoms with E-state index in [2.05, 4.69) is 25.2 Å². The molecule has 5 rings (SSSR count). The Hall–Kier alpha value is -2.93. The predicted octanol–water partition coefficient (Wildman–Crippen LogP) is 5.48. The van der Waals surface area contributed by atoms with E-state index in [4.69, 9.17) is 4.74 Å². The third kappa shape index (κ3) is 6.64. The second-order valence-electron chi connectivity index (χ2n) is 8.26. The summed E-state index contributed by atoms with van der Waals surface area (Å²) in [7, 11) is 3.62. The first-order valence-corrected chi connectivity index (χ1v) is 12.6. The summed E-state index contributed by atoms with van der Waals surface area (Å²) in [5.74, 6) is -0.146. The molecule has 4 aromatic rings. The second kappa shape index (κ2) is 11.0. The summed E-state index contributed by atoms with van der Waals surface area (Å²) in [5.41, 5.74) is 2.08. The Labute approximate surface area is 214 Å². The highest BCUT2D eigenvalue weighted by molar-refractivity contribution is 7.26. The molecule has 3 aromatic heterocycles. The van der Waals surface area contributed by atoms with Crippen molar-refractivity contribution in [3.05, 3.63) is 59.5 Å². The van der Waals surface area contributed by atoms with Crippen molar-refractivity contribution in [3.8, 4) is 9.88 Å². The molecule has 4 heterocycles. The molecule has 0 saturated carbocycles. The molecule has 1 amide bonds. The van der Waals surface area contributed by atoms with Gasteiger partial charge < -0.3 is 15.0 Å². The fourth-order valence-corrected chi connectivity index (χ4v) is 5.49.